The molecule has 0 bridgehead atoms. The van der Waals surface area contributed by atoms with Crippen LogP contribution in [0.5, 0.6) is 5.75 Å². The van der Waals surface area contributed by atoms with Crippen LogP contribution in [0.15, 0.2) is 48.5 Å². The second-order valence-corrected chi connectivity index (χ2v) is 7.34. The zero-order valence-corrected chi connectivity index (χ0v) is 17.5. The zero-order chi connectivity index (χ0) is 22.1. The Bertz CT molecular complexity index is 835. The lowest BCUT2D eigenvalue weighted by molar-refractivity contribution is -0.492. The Morgan fingerprint density at radius 2 is 1.47 bits per heavy atom. The van der Waals surface area contributed by atoms with Gasteiger partial charge in [-0.1, -0.05) is 11.6 Å². The summed E-state index contributed by atoms with van der Waals surface area (Å²) in [4.78, 5) is 29.2. The van der Waals surface area contributed by atoms with Crippen LogP contribution in [0.4, 0.5) is 0 Å². The summed E-state index contributed by atoms with van der Waals surface area (Å²) >= 11 is 5.84. The first-order chi connectivity index (χ1) is 14.2. The molecule has 0 radical (unpaired) electrons. The Morgan fingerprint density at radius 3 is 2.03 bits per heavy atom. The van der Waals surface area contributed by atoms with E-state index in [1.165, 1.54) is 0 Å². The topological polar surface area (TPSA) is 106 Å². The number of hydrogen-bond donors (Lipinski definition) is 2. The minimum atomic E-state index is -1.23. The second kappa shape index (κ2) is 11.1. The van der Waals surface area contributed by atoms with Crippen molar-refractivity contribution in [3.05, 3.63) is 64.7 Å². The van der Waals surface area contributed by atoms with Gasteiger partial charge in [-0.15, -0.1) is 0 Å². The molecule has 0 fully saturated rings. The van der Waals surface area contributed by atoms with Gasteiger partial charge in [0.1, 0.15) is 5.75 Å². The van der Waals surface area contributed by atoms with Gasteiger partial charge in [-0.05, 0) is 75.2 Å². The number of ether oxygens (including phenoxy) is 2. The van der Waals surface area contributed by atoms with Crippen LogP contribution in [0.25, 0.3) is 0 Å². The van der Waals surface area contributed by atoms with Crippen LogP contribution in [-0.2, 0) is 14.4 Å². The molecule has 30 heavy (non-hydrogen) atoms. The van der Waals surface area contributed by atoms with Gasteiger partial charge in [0.15, 0.2) is 11.4 Å². The summed E-state index contributed by atoms with van der Waals surface area (Å²) in [6, 6.07) is 13.1. The highest BCUT2D eigenvalue weighted by molar-refractivity contribution is 6.30. The molecule has 0 unspecified atom stereocenters. The first-order valence-electron chi connectivity index (χ1n) is 9.26. The fourth-order valence-electron chi connectivity index (χ4n) is 2.47. The van der Waals surface area contributed by atoms with E-state index in [2.05, 4.69) is 4.84 Å². The predicted octanol–water partition coefficient (Wildman–Crippen LogP) is 4.06. The van der Waals surface area contributed by atoms with Crippen LogP contribution >= 0.6 is 11.6 Å². The van der Waals surface area contributed by atoms with E-state index >= 15 is 0 Å². The van der Waals surface area contributed by atoms with Crippen molar-refractivity contribution in [3.8, 4) is 5.75 Å². The maximum Gasteiger partial charge on any atom is 0.349 e. The summed E-state index contributed by atoms with van der Waals surface area (Å²) in [5.41, 5.74) is -0.227. The minimum absolute atomic E-state index is 0.0749. The van der Waals surface area contributed by atoms with Crippen molar-refractivity contribution in [1.82, 2.24) is 5.39 Å². The average Bonchev–Trinajstić information content (AvgIpc) is 2.70. The van der Waals surface area contributed by atoms with Crippen molar-refractivity contribution in [2.75, 3.05) is 13.2 Å². The van der Waals surface area contributed by atoms with Gasteiger partial charge in [-0.2, -0.15) is 0 Å². The third kappa shape index (κ3) is 7.40. The number of unbranched alkanes of at least 4 members (excludes halogenated alkanes) is 1. The molecule has 0 saturated carbocycles. The number of nitrogens with zero attached hydrogens (tertiary/aromatic N) is 1. The van der Waals surface area contributed by atoms with E-state index < -0.39 is 11.6 Å². The molecule has 2 aromatic rings. The van der Waals surface area contributed by atoms with E-state index in [0.29, 0.717) is 34.7 Å². The quantitative estimate of drug-likeness (QED) is 0.234. The van der Waals surface area contributed by atoms with E-state index in [0.717, 1.165) is 0 Å². The highest BCUT2D eigenvalue weighted by Crippen LogP contribution is 2.22. The minimum Gasteiger partial charge on any atom is -0.476 e. The number of hydrogen-bond acceptors (Lipinski definition) is 8. The standard InChI is InChI=1S/C21H24ClNO7/c1-21(2,20(25)28-13-3-4-14-29-23(26)27)30-18-11-7-16(8-12-18)19(24)15-5-9-17(22)10-6-15/h5-12,26-27H,3-4,13-14H2,1-2H3. The monoisotopic (exact) mass is 437 g/mol. The van der Waals surface area contributed by atoms with Gasteiger partial charge in [0.05, 0.1) is 18.6 Å². The molecule has 2 rings (SSSR count). The Labute approximate surface area is 179 Å². The molecule has 162 valence electrons. The summed E-state index contributed by atoms with van der Waals surface area (Å²) in [5.74, 6) is -0.272. The van der Waals surface area contributed by atoms with Crippen LogP contribution in [-0.4, -0.2) is 46.4 Å². The van der Waals surface area contributed by atoms with E-state index in [4.69, 9.17) is 31.5 Å². The lowest BCUT2D eigenvalue weighted by Gasteiger charge is -2.24. The number of rotatable bonds is 11. The molecular weight excluding hydrogens is 414 g/mol. The molecule has 0 atom stereocenters. The molecule has 0 saturated heterocycles. The number of benzene rings is 2. The summed E-state index contributed by atoms with van der Waals surface area (Å²) < 4.78 is 10.9. The van der Waals surface area contributed by atoms with E-state index in [-0.39, 0.29) is 24.4 Å². The summed E-state index contributed by atoms with van der Waals surface area (Å²) in [5, 5.41) is 17.0. The highest BCUT2D eigenvalue weighted by Gasteiger charge is 2.31. The fourth-order valence-corrected chi connectivity index (χ4v) is 2.59. The van der Waals surface area contributed by atoms with Crippen molar-refractivity contribution >= 4 is 23.4 Å². The van der Waals surface area contributed by atoms with Crippen LogP contribution < -0.4 is 4.74 Å². The lowest BCUT2D eigenvalue weighted by Crippen LogP contribution is -2.39. The number of esters is 1. The molecule has 0 aliphatic carbocycles. The first-order valence-corrected chi connectivity index (χ1v) is 9.64. The smallest absolute Gasteiger partial charge is 0.349 e. The van der Waals surface area contributed by atoms with Crippen molar-refractivity contribution < 1.29 is 34.3 Å². The lowest BCUT2D eigenvalue weighted by atomic mass is 10.0. The molecular formula is C21H24ClNO7. The van der Waals surface area contributed by atoms with Crippen LogP contribution in [0, 0.1) is 0 Å². The fraction of sp³-hybridized carbons (Fsp3) is 0.333. The van der Waals surface area contributed by atoms with Crippen molar-refractivity contribution in [3.63, 3.8) is 0 Å². The maximum absolute atomic E-state index is 12.5. The number of halogens is 1. The average molecular weight is 438 g/mol. The van der Waals surface area contributed by atoms with Crippen LogP contribution in [0.1, 0.15) is 42.6 Å². The normalized spacial score (nSPS) is 11.4. The molecule has 9 heteroatoms. The Hall–Kier alpha value is -2.49. The van der Waals surface area contributed by atoms with Crippen molar-refractivity contribution in [2.45, 2.75) is 32.3 Å². The van der Waals surface area contributed by atoms with E-state index in [1.807, 2.05) is 0 Å². The molecule has 8 nitrogen and oxygen atoms in total. The van der Waals surface area contributed by atoms with Crippen LogP contribution in [0.3, 0.4) is 0 Å². The van der Waals surface area contributed by atoms with Gasteiger partial charge in [0.2, 0.25) is 0 Å². The Balaban J connectivity index is 1.86. The van der Waals surface area contributed by atoms with E-state index in [9.17, 15) is 9.59 Å². The van der Waals surface area contributed by atoms with Gasteiger partial charge in [0, 0.05) is 16.1 Å². The zero-order valence-electron chi connectivity index (χ0n) is 16.7. The third-order valence-electron chi connectivity index (χ3n) is 4.07. The number of carbonyl (C=O) groups excluding carboxylic acids is 2. The molecule has 0 aliphatic heterocycles. The first kappa shape index (κ1) is 23.8. The molecule has 2 N–H and O–H groups in total. The Morgan fingerprint density at radius 1 is 0.933 bits per heavy atom. The molecule has 0 aromatic heterocycles. The predicted molar refractivity (Wildman–Crippen MR) is 108 cm³/mol. The van der Waals surface area contributed by atoms with Gasteiger partial charge in [-0.25, -0.2) is 4.79 Å². The largest absolute Gasteiger partial charge is 0.476 e. The molecule has 0 heterocycles. The molecule has 0 amide bonds. The molecule has 0 aliphatic rings. The highest BCUT2D eigenvalue weighted by atomic mass is 35.5. The summed E-state index contributed by atoms with van der Waals surface area (Å²) in [7, 11) is 0. The summed E-state index contributed by atoms with van der Waals surface area (Å²) in [6.45, 7) is 3.38. The second-order valence-electron chi connectivity index (χ2n) is 6.90. The number of ketones is 1. The third-order valence-corrected chi connectivity index (χ3v) is 4.32. The van der Waals surface area contributed by atoms with Crippen LogP contribution in [0.2, 0.25) is 5.02 Å². The van der Waals surface area contributed by atoms with Crippen molar-refractivity contribution in [2.24, 2.45) is 0 Å². The van der Waals surface area contributed by atoms with Crippen molar-refractivity contribution in [1.29, 1.82) is 0 Å². The van der Waals surface area contributed by atoms with Gasteiger partial charge in [-0.3, -0.25) is 20.0 Å². The van der Waals surface area contributed by atoms with Gasteiger partial charge in [0.25, 0.3) is 0 Å². The SMILES string of the molecule is CC(C)(Oc1ccc(C(=O)c2ccc(Cl)cc2)cc1)C(=O)OCCCCON(O)O. The molecule has 2 aromatic carbocycles. The van der Waals surface area contributed by atoms with E-state index in [1.54, 1.807) is 62.4 Å². The maximum atomic E-state index is 12.5. The molecule has 0 spiro atoms. The number of carbonyl (C=O) groups is 2. The van der Waals surface area contributed by atoms with Gasteiger partial charge >= 0.3 is 5.97 Å². The Kier molecular flexibility index (Phi) is 8.76. The summed E-state index contributed by atoms with van der Waals surface area (Å²) in [6.07, 6.45) is 0.951. The van der Waals surface area contributed by atoms with Gasteiger partial charge < -0.3 is 9.47 Å².